The largest absolute Gasteiger partial charge is 0.310 e. The first-order valence-corrected chi connectivity index (χ1v) is 25.4. The predicted molar refractivity (Wildman–Crippen MR) is 287 cm³/mol. The van der Waals surface area contributed by atoms with Gasteiger partial charge in [0.2, 0.25) is 0 Å². The summed E-state index contributed by atoms with van der Waals surface area (Å²) >= 11 is 0. The summed E-state index contributed by atoms with van der Waals surface area (Å²) in [5, 5.41) is 7.59. The van der Waals surface area contributed by atoms with Crippen LogP contribution in [0, 0.1) is 0 Å². The highest BCUT2D eigenvalue weighted by Crippen LogP contribution is 2.49. The quantitative estimate of drug-likeness (QED) is 0.126. The number of fused-ring (bicyclic) bond motifs is 5. The van der Waals surface area contributed by atoms with E-state index in [-0.39, 0.29) is 5.41 Å². The third kappa shape index (κ3) is 8.65. The molecule has 0 radical (unpaired) electrons. The first kappa shape index (κ1) is 44.0. The average Bonchev–Trinajstić information content (AvgIpc) is 3.35. The molecule has 2 saturated carbocycles. The highest BCUT2D eigenvalue weighted by atomic mass is 15.2. The van der Waals surface area contributed by atoms with Crippen molar-refractivity contribution in [3.8, 4) is 0 Å². The summed E-state index contributed by atoms with van der Waals surface area (Å²) in [5.41, 5.74) is 14.2. The lowest BCUT2D eigenvalue weighted by Crippen LogP contribution is -2.14. The van der Waals surface area contributed by atoms with Gasteiger partial charge >= 0.3 is 0 Å². The number of nitrogens with zero attached hydrogens (tertiary/aromatic N) is 2. The van der Waals surface area contributed by atoms with Crippen LogP contribution in [0.2, 0.25) is 0 Å². The number of rotatable bonds is 10. The van der Waals surface area contributed by atoms with Gasteiger partial charge in [-0.3, -0.25) is 0 Å². The van der Waals surface area contributed by atoms with Crippen molar-refractivity contribution < 1.29 is 0 Å². The van der Waals surface area contributed by atoms with Crippen molar-refractivity contribution in [2.75, 3.05) is 9.80 Å². The van der Waals surface area contributed by atoms with Gasteiger partial charge in [0.25, 0.3) is 0 Å². The lowest BCUT2D eigenvalue weighted by Gasteiger charge is -2.31. The van der Waals surface area contributed by atoms with Gasteiger partial charge in [-0.25, -0.2) is 0 Å². The molecular formula is C64H70N2. The first-order chi connectivity index (χ1) is 32.0. The van der Waals surface area contributed by atoms with Crippen LogP contribution >= 0.6 is 0 Å². The Labute approximate surface area is 395 Å². The van der Waals surface area contributed by atoms with Crippen LogP contribution in [0.1, 0.15) is 164 Å². The predicted octanol–water partition coefficient (Wildman–Crippen LogP) is 19.7. The fraction of sp³-hybridized carbons (Fsp3) is 0.344. The van der Waals surface area contributed by atoms with Crippen molar-refractivity contribution in [2.45, 2.75) is 142 Å². The lowest BCUT2D eigenvalue weighted by atomic mass is 9.84. The fourth-order valence-corrected chi connectivity index (χ4v) is 11.3. The summed E-state index contributed by atoms with van der Waals surface area (Å²) in [5.74, 6) is 2.24. The second-order valence-electron chi connectivity index (χ2n) is 21.5. The third-order valence-corrected chi connectivity index (χ3v) is 15.4. The maximum atomic E-state index is 2.54. The molecule has 0 saturated heterocycles. The fourth-order valence-electron chi connectivity index (χ4n) is 11.3. The van der Waals surface area contributed by atoms with Crippen LogP contribution in [-0.4, -0.2) is 0 Å². The van der Waals surface area contributed by atoms with E-state index < -0.39 is 0 Å². The van der Waals surface area contributed by atoms with Crippen LogP contribution in [0.15, 0.2) is 152 Å². The highest BCUT2D eigenvalue weighted by Gasteiger charge is 2.25. The topological polar surface area (TPSA) is 6.48 Å². The maximum absolute atomic E-state index is 2.54. The van der Waals surface area contributed by atoms with Crippen molar-refractivity contribution in [3.05, 3.63) is 179 Å². The van der Waals surface area contributed by atoms with Gasteiger partial charge in [-0.1, -0.05) is 172 Å². The van der Waals surface area contributed by atoms with Crippen LogP contribution in [-0.2, 0) is 5.41 Å². The zero-order chi connectivity index (χ0) is 45.5. The Morgan fingerprint density at radius 3 is 1.17 bits per heavy atom. The molecule has 2 fully saturated rings. The van der Waals surface area contributed by atoms with Crippen molar-refractivity contribution in [2.24, 2.45) is 0 Å². The van der Waals surface area contributed by atoms with Gasteiger partial charge in [-0.2, -0.15) is 0 Å². The highest BCUT2D eigenvalue weighted by molar-refractivity contribution is 6.24. The molecule has 8 aromatic rings. The van der Waals surface area contributed by atoms with Crippen molar-refractivity contribution in [1.29, 1.82) is 0 Å². The minimum absolute atomic E-state index is 0.0247. The van der Waals surface area contributed by atoms with E-state index in [0.717, 1.165) is 0 Å². The van der Waals surface area contributed by atoms with E-state index in [9.17, 15) is 0 Å². The first-order valence-electron chi connectivity index (χ1n) is 25.4. The molecule has 2 aliphatic rings. The summed E-state index contributed by atoms with van der Waals surface area (Å²) in [6.45, 7) is 16.2. The van der Waals surface area contributed by atoms with Crippen LogP contribution in [0.25, 0.3) is 32.3 Å². The Kier molecular flexibility index (Phi) is 12.3. The molecule has 0 aromatic heterocycles. The Balaban J connectivity index is 1.22. The summed E-state index contributed by atoms with van der Waals surface area (Å²) < 4.78 is 0. The van der Waals surface area contributed by atoms with E-state index in [1.807, 2.05) is 0 Å². The van der Waals surface area contributed by atoms with E-state index >= 15 is 0 Å². The molecule has 2 nitrogen and oxygen atoms in total. The normalized spacial score (nSPS) is 15.3. The molecule has 0 N–H and O–H groups in total. The monoisotopic (exact) mass is 867 g/mol. The number of anilines is 6. The van der Waals surface area contributed by atoms with E-state index in [1.54, 1.807) is 0 Å². The molecule has 0 atom stereocenters. The van der Waals surface area contributed by atoms with Gasteiger partial charge in [0.1, 0.15) is 0 Å². The molecule has 8 aromatic carbocycles. The van der Waals surface area contributed by atoms with Crippen LogP contribution in [0.4, 0.5) is 34.1 Å². The second kappa shape index (κ2) is 18.4. The van der Waals surface area contributed by atoms with Gasteiger partial charge in [-0.15, -0.1) is 0 Å². The molecule has 0 spiro atoms. The minimum atomic E-state index is -0.0247. The number of hydrogen-bond acceptors (Lipinski definition) is 2. The van der Waals surface area contributed by atoms with Crippen LogP contribution in [0.5, 0.6) is 0 Å². The Morgan fingerprint density at radius 1 is 0.379 bits per heavy atom. The van der Waals surface area contributed by atoms with Crippen molar-refractivity contribution in [3.63, 3.8) is 0 Å². The molecule has 2 aliphatic carbocycles. The number of hydrogen-bond donors (Lipinski definition) is 0. The maximum Gasteiger partial charge on any atom is 0.0546 e. The molecule has 66 heavy (non-hydrogen) atoms. The molecule has 0 heterocycles. The van der Waals surface area contributed by atoms with Crippen molar-refractivity contribution >= 4 is 66.4 Å². The zero-order valence-electron chi connectivity index (χ0n) is 40.7. The molecule has 336 valence electrons. The average molecular weight is 867 g/mol. The summed E-state index contributed by atoms with van der Waals surface area (Å²) in [7, 11) is 0. The van der Waals surface area contributed by atoms with E-state index in [2.05, 4.69) is 210 Å². The molecule has 0 amide bonds. The Morgan fingerprint density at radius 2 is 0.758 bits per heavy atom. The second-order valence-corrected chi connectivity index (χ2v) is 21.5. The van der Waals surface area contributed by atoms with Crippen molar-refractivity contribution in [1.82, 2.24) is 0 Å². The van der Waals surface area contributed by atoms with E-state index in [4.69, 9.17) is 0 Å². The molecular weight excluding hydrogens is 797 g/mol. The molecule has 10 rings (SSSR count). The summed E-state index contributed by atoms with van der Waals surface area (Å²) in [4.78, 5) is 5.07. The molecule has 0 aliphatic heterocycles. The SMILES string of the molecule is CC(C)c1ccc(N(c2ccc(C3CCCCC3)cc2)c2cc3c4ccc(C(C)(C)C)cc4c(N(c4ccc(C(C)C)cc4)c4ccc(C5CCCCC5)cc4)cc3c3ccccc23)cc1. The smallest absolute Gasteiger partial charge is 0.0546 e. The zero-order valence-corrected chi connectivity index (χ0v) is 40.7. The molecule has 2 heteroatoms. The Bertz CT molecular complexity index is 2940. The minimum Gasteiger partial charge on any atom is -0.310 e. The van der Waals surface area contributed by atoms with Gasteiger partial charge < -0.3 is 9.80 Å². The van der Waals surface area contributed by atoms with E-state index in [1.165, 1.54) is 158 Å². The molecule has 0 unspecified atom stereocenters. The standard InChI is InChI=1S/C64H70N2/c1-43(2)45-22-31-52(32-23-45)65(54-35-26-49(27-36-54)47-16-10-8-11-17-47)62-41-60-57-39-30-51(64(5,6)7)40-61(57)63(42-59(60)56-20-14-15-21-58(56)62)66(53-33-24-46(25-34-53)44(3)4)55-37-28-50(29-38-55)48-18-12-9-13-19-48/h14-15,20-44,47-48H,8-13,16-19H2,1-7H3. The third-order valence-electron chi connectivity index (χ3n) is 15.4. The number of benzene rings is 8. The summed E-state index contributed by atoms with van der Waals surface area (Å²) in [6.07, 6.45) is 13.3. The van der Waals surface area contributed by atoms with Gasteiger partial charge in [-0.05, 0) is 171 Å². The summed E-state index contributed by atoms with van der Waals surface area (Å²) in [6, 6.07) is 59.4. The Hall–Kier alpha value is -5.86. The van der Waals surface area contributed by atoms with Gasteiger partial charge in [0, 0.05) is 33.5 Å². The van der Waals surface area contributed by atoms with Crippen LogP contribution < -0.4 is 9.80 Å². The van der Waals surface area contributed by atoms with E-state index in [0.29, 0.717) is 23.7 Å². The van der Waals surface area contributed by atoms with Gasteiger partial charge in [0.05, 0.1) is 11.4 Å². The molecule has 0 bridgehead atoms. The lowest BCUT2D eigenvalue weighted by molar-refractivity contribution is 0.443. The van der Waals surface area contributed by atoms with Gasteiger partial charge in [0.15, 0.2) is 0 Å². The van der Waals surface area contributed by atoms with Crippen LogP contribution in [0.3, 0.4) is 0 Å².